The molecular formula is C31H29F4N5O4. The number of halogens is 4. The summed E-state index contributed by atoms with van der Waals surface area (Å²) in [6.45, 7) is 1.75. The first kappa shape index (κ1) is 30.5. The van der Waals surface area contributed by atoms with E-state index in [-0.39, 0.29) is 39.1 Å². The van der Waals surface area contributed by atoms with Gasteiger partial charge in [0.25, 0.3) is 11.8 Å². The third-order valence-electron chi connectivity index (χ3n) is 7.31. The molecule has 44 heavy (non-hydrogen) atoms. The first-order chi connectivity index (χ1) is 20.9. The summed E-state index contributed by atoms with van der Waals surface area (Å²) in [5, 5.41) is 18.8. The summed E-state index contributed by atoms with van der Waals surface area (Å²) in [6, 6.07) is 12.8. The molecule has 1 aliphatic rings. The molecule has 1 aliphatic heterocycles. The number of aliphatic carboxylic acids is 1. The predicted octanol–water partition coefficient (Wildman–Crippen LogP) is 6.17. The highest BCUT2D eigenvalue weighted by Crippen LogP contribution is 2.32. The Morgan fingerprint density at radius 3 is 2.34 bits per heavy atom. The van der Waals surface area contributed by atoms with Crippen molar-refractivity contribution < 1.29 is 37.1 Å². The molecule has 3 N–H and O–H groups in total. The van der Waals surface area contributed by atoms with Gasteiger partial charge >= 0.3 is 12.1 Å². The van der Waals surface area contributed by atoms with Crippen molar-refractivity contribution in [1.82, 2.24) is 9.78 Å². The van der Waals surface area contributed by atoms with E-state index in [1.165, 1.54) is 18.2 Å². The second-order valence-electron chi connectivity index (χ2n) is 10.7. The lowest BCUT2D eigenvalue weighted by molar-refractivity contribution is -0.142. The number of nitrogens with one attached hydrogen (secondary N) is 2. The van der Waals surface area contributed by atoms with E-state index in [9.17, 15) is 37.1 Å². The molecule has 0 spiro atoms. The van der Waals surface area contributed by atoms with E-state index in [1.807, 2.05) is 0 Å². The van der Waals surface area contributed by atoms with Crippen molar-refractivity contribution in [3.05, 3.63) is 82.8 Å². The number of hydrogen-bond donors (Lipinski definition) is 3. The van der Waals surface area contributed by atoms with Gasteiger partial charge in [0.2, 0.25) is 0 Å². The van der Waals surface area contributed by atoms with Crippen molar-refractivity contribution in [2.24, 2.45) is 0 Å². The second kappa shape index (κ2) is 12.3. The maximum absolute atomic E-state index is 13.8. The number of anilines is 3. The molecule has 2 amide bonds. The van der Waals surface area contributed by atoms with Crippen molar-refractivity contribution >= 4 is 45.7 Å². The Balaban J connectivity index is 1.50. The van der Waals surface area contributed by atoms with Gasteiger partial charge in [0.1, 0.15) is 12.4 Å². The molecule has 1 fully saturated rings. The monoisotopic (exact) mass is 611 g/mol. The number of carbonyl (C=O) groups is 3. The van der Waals surface area contributed by atoms with E-state index >= 15 is 0 Å². The van der Waals surface area contributed by atoms with E-state index in [1.54, 1.807) is 31.2 Å². The molecule has 0 saturated carbocycles. The number of rotatable bonds is 8. The van der Waals surface area contributed by atoms with E-state index in [2.05, 4.69) is 20.6 Å². The van der Waals surface area contributed by atoms with Crippen LogP contribution in [0.1, 0.15) is 51.2 Å². The zero-order chi connectivity index (χ0) is 31.6. The molecular weight excluding hydrogens is 582 g/mol. The third kappa shape index (κ3) is 6.99. The van der Waals surface area contributed by atoms with Crippen LogP contribution in [0.25, 0.3) is 10.9 Å². The summed E-state index contributed by atoms with van der Waals surface area (Å²) < 4.78 is 54.5. The van der Waals surface area contributed by atoms with Crippen LogP contribution in [0.15, 0.2) is 54.6 Å². The summed E-state index contributed by atoms with van der Waals surface area (Å²) in [5.74, 6) is -3.25. The van der Waals surface area contributed by atoms with Crippen molar-refractivity contribution in [3.63, 3.8) is 0 Å². The minimum atomic E-state index is -4.56. The number of fused-ring (bicyclic) bond motifs is 1. The summed E-state index contributed by atoms with van der Waals surface area (Å²) >= 11 is 0. The summed E-state index contributed by atoms with van der Waals surface area (Å²) in [4.78, 5) is 40.2. The van der Waals surface area contributed by atoms with Gasteiger partial charge in [0.15, 0.2) is 5.69 Å². The maximum atomic E-state index is 13.8. The van der Waals surface area contributed by atoms with Crippen LogP contribution < -0.4 is 15.5 Å². The summed E-state index contributed by atoms with van der Waals surface area (Å²) in [6.07, 6.45) is -2.21. The zero-order valence-corrected chi connectivity index (χ0v) is 23.7. The number of aromatic nitrogens is 2. The van der Waals surface area contributed by atoms with Crippen LogP contribution in [0, 0.1) is 12.7 Å². The fourth-order valence-corrected chi connectivity index (χ4v) is 5.30. The Kier molecular flexibility index (Phi) is 8.56. The lowest BCUT2D eigenvalue weighted by atomic mass is 10.1. The average molecular weight is 612 g/mol. The van der Waals surface area contributed by atoms with E-state index in [0.717, 1.165) is 36.1 Å². The van der Waals surface area contributed by atoms with Crippen LogP contribution in [0.4, 0.5) is 34.6 Å². The van der Waals surface area contributed by atoms with Crippen LogP contribution >= 0.6 is 0 Å². The summed E-state index contributed by atoms with van der Waals surface area (Å²) in [7, 11) is 0. The van der Waals surface area contributed by atoms with Gasteiger partial charge in [0.05, 0.1) is 23.3 Å². The molecule has 1 aromatic heterocycles. The molecule has 4 aromatic rings. The van der Waals surface area contributed by atoms with Gasteiger partial charge in [-0.05, 0) is 79.8 Å². The molecule has 0 aliphatic carbocycles. The first-order valence-corrected chi connectivity index (χ1v) is 13.9. The van der Waals surface area contributed by atoms with Gasteiger partial charge in [-0.3, -0.25) is 19.1 Å². The molecule has 0 radical (unpaired) electrons. The number of carboxylic acid groups (broad SMARTS) is 1. The van der Waals surface area contributed by atoms with Crippen molar-refractivity contribution in [3.8, 4) is 0 Å². The molecule has 13 heteroatoms. The van der Waals surface area contributed by atoms with Crippen molar-refractivity contribution in [1.29, 1.82) is 0 Å². The maximum Gasteiger partial charge on any atom is 0.408 e. The molecule has 1 saturated heterocycles. The van der Waals surface area contributed by atoms with E-state index in [0.29, 0.717) is 24.3 Å². The SMILES string of the molecule is Cc1ccc2c(C(=O)Nc3cc(C(=O)Nc4ccc(F)cc4CC(=O)O)ccc3N3CCCCC3)nn(CC(F)(F)F)c2c1. The molecule has 3 aromatic carbocycles. The van der Waals surface area contributed by atoms with Crippen LogP contribution in [0.3, 0.4) is 0 Å². The molecule has 0 atom stereocenters. The highest BCUT2D eigenvalue weighted by atomic mass is 19.4. The number of amides is 2. The molecule has 0 unspecified atom stereocenters. The van der Waals surface area contributed by atoms with Crippen LogP contribution in [0.2, 0.25) is 0 Å². The van der Waals surface area contributed by atoms with Gasteiger partial charge in [-0.1, -0.05) is 12.1 Å². The number of aryl methyl sites for hydroxylation is 1. The Morgan fingerprint density at radius 2 is 1.64 bits per heavy atom. The Bertz CT molecular complexity index is 1750. The van der Waals surface area contributed by atoms with Crippen LogP contribution in [0.5, 0.6) is 0 Å². The molecule has 5 rings (SSSR count). The smallest absolute Gasteiger partial charge is 0.408 e. The predicted molar refractivity (Wildman–Crippen MR) is 157 cm³/mol. The number of carboxylic acids is 1. The quantitative estimate of drug-likeness (QED) is 0.205. The van der Waals surface area contributed by atoms with Gasteiger partial charge in [-0.15, -0.1) is 0 Å². The normalized spacial score (nSPS) is 13.6. The number of carbonyl (C=O) groups excluding carboxylic acids is 2. The van der Waals surface area contributed by atoms with Gasteiger partial charge in [0, 0.05) is 29.7 Å². The fraction of sp³-hybridized carbons (Fsp3) is 0.290. The average Bonchev–Trinajstić information content (AvgIpc) is 3.30. The molecule has 0 bridgehead atoms. The number of benzene rings is 3. The number of hydrogen-bond acceptors (Lipinski definition) is 5. The minimum absolute atomic E-state index is 0.0703. The van der Waals surface area contributed by atoms with E-state index in [4.69, 9.17) is 0 Å². The lowest BCUT2D eigenvalue weighted by Gasteiger charge is -2.30. The van der Waals surface area contributed by atoms with Gasteiger partial charge in [-0.2, -0.15) is 18.3 Å². The topological polar surface area (TPSA) is 117 Å². The first-order valence-electron chi connectivity index (χ1n) is 13.9. The number of piperidine rings is 1. The highest BCUT2D eigenvalue weighted by molar-refractivity contribution is 6.13. The third-order valence-corrected chi connectivity index (χ3v) is 7.31. The molecule has 2 heterocycles. The Morgan fingerprint density at radius 1 is 0.909 bits per heavy atom. The zero-order valence-electron chi connectivity index (χ0n) is 23.7. The van der Waals surface area contributed by atoms with Crippen molar-refractivity contribution in [2.75, 3.05) is 28.6 Å². The van der Waals surface area contributed by atoms with Gasteiger partial charge in [-0.25, -0.2) is 4.39 Å². The lowest BCUT2D eigenvalue weighted by Crippen LogP contribution is -2.30. The fourth-order valence-electron chi connectivity index (χ4n) is 5.30. The number of alkyl halides is 3. The highest BCUT2D eigenvalue weighted by Gasteiger charge is 2.31. The summed E-state index contributed by atoms with van der Waals surface area (Å²) in [5.41, 5.74) is 1.82. The minimum Gasteiger partial charge on any atom is -0.481 e. The Hall–Kier alpha value is -4.94. The molecule has 230 valence electrons. The van der Waals surface area contributed by atoms with Crippen LogP contribution in [-0.4, -0.2) is 51.9 Å². The van der Waals surface area contributed by atoms with Crippen molar-refractivity contribution in [2.45, 2.75) is 45.3 Å². The van der Waals surface area contributed by atoms with Crippen LogP contribution in [-0.2, 0) is 17.8 Å². The largest absolute Gasteiger partial charge is 0.481 e. The molecule has 9 nitrogen and oxygen atoms in total. The number of nitrogens with zero attached hydrogens (tertiary/aromatic N) is 3. The van der Waals surface area contributed by atoms with E-state index < -0.39 is 42.7 Å². The second-order valence-corrected chi connectivity index (χ2v) is 10.7. The Labute approximate surface area is 249 Å². The van der Waals surface area contributed by atoms with Gasteiger partial charge < -0.3 is 20.6 Å². The standard InChI is InChI=1S/C31H29F4N5O4/c1-18-5-8-22-26(13-18)40(17-31(33,34)35)38-28(22)30(44)37-24-15-19(6-10-25(24)39-11-3-2-4-12-39)29(43)36-23-9-7-21(32)14-20(23)16-27(41)42/h5-10,13-15H,2-4,11-12,16-17H2,1H3,(H,36,43)(H,37,44)(H,41,42).